The molecule has 0 aromatic carbocycles. The first kappa shape index (κ1) is 23.0. The maximum absolute atomic E-state index is 5.71. The molecule has 0 saturated carbocycles. The van der Waals surface area contributed by atoms with Gasteiger partial charge in [-0.3, -0.25) is 0 Å². The highest BCUT2D eigenvalue weighted by atomic mass is 35.5. The number of nitrogens with zero attached hydrogens (tertiary/aromatic N) is 6. The summed E-state index contributed by atoms with van der Waals surface area (Å²) in [5.74, 6) is 2.34. The van der Waals surface area contributed by atoms with Gasteiger partial charge in [-0.2, -0.15) is 5.10 Å². The van der Waals surface area contributed by atoms with Crippen LogP contribution in [0.1, 0.15) is 21.8 Å². The van der Waals surface area contributed by atoms with Crippen LogP contribution in [0.25, 0.3) is 16.0 Å². The summed E-state index contributed by atoms with van der Waals surface area (Å²) in [6.45, 7) is 5.30. The van der Waals surface area contributed by atoms with E-state index in [4.69, 9.17) is 10.7 Å². The third-order valence-corrected chi connectivity index (χ3v) is 5.49. The van der Waals surface area contributed by atoms with Crippen LogP contribution in [0.2, 0.25) is 0 Å². The van der Waals surface area contributed by atoms with Gasteiger partial charge < -0.3 is 11.1 Å². The van der Waals surface area contributed by atoms with E-state index in [1.807, 2.05) is 12.1 Å². The second kappa shape index (κ2) is 9.93. The molecule has 4 aromatic rings. The topological polar surface area (TPSA) is 107 Å². The van der Waals surface area contributed by atoms with Gasteiger partial charge in [-0.05, 0) is 32.0 Å². The minimum atomic E-state index is 0. The smallest absolute Gasteiger partial charge is 0.160 e. The normalized spacial score (nSPS) is 10.4. The van der Waals surface area contributed by atoms with Crippen LogP contribution in [-0.2, 0) is 13.0 Å². The van der Waals surface area contributed by atoms with Gasteiger partial charge in [0.15, 0.2) is 5.82 Å². The van der Waals surface area contributed by atoms with Gasteiger partial charge in [0.2, 0.25) is 0 Å². The first-order valence-electron chi connectivity index (χ1n) is 8.67. The third-order valence-electron chi connectivity index (χ3n) is 4.39. The average Bonchev–Trinajstić information content (AvgIpc) is 3.29. The van der Waals surface area contributed by atoms with Crippen molar-refractivity contribution in [3.8, 4) is 5.82 Å². The summed E-state index contributed by atoms with van der Waals surface area (Å²) in [6.07, 6.45) is 5.53. The van der Waals surface area contributed by atoms with Crippen LogP contribution in [0, 0.1) is 13.8 Å². The molecule has 0 saturated heterocycles. The Balaban J connectivity index is 0.00000150. The minimum Gasteiger partial charge on any atom is -0.365 e. The van der Waals surface area contributed by atoms with Crippen molar-refractivity contribution in [3.05, 3.63) is 52.8 Å². The number of thiophene rings is 1. The number of nitrogens with two attached hydrogens (primary N) is 1. The Labute approximate surface area is 184 Å². The minimum absolute atomic E-state index is 0. The van der Waals surface area contributed by atoms with Crippen molar-refractivity contribution < 1.29 is 0 Å². The van der Waals surface area contributed by atoms with Crippen molar-refractivity contribution in [2.75, 3.05) is 11.9 Å². The standard InChI is InChI=1S/C18H20N8S.2ClH/c1-11-12(2)27-18-15(11)16(24-14(25-18)5-6-19)22-8-13-4-3-7-21-17(13)26-10-20-9-23-26;;/h3-4,7,9-10H,5-6,8,19H2,1-2H3,(H,22,24,25);2*1H. The maximum Gasteiger partial charge on any atom is 0.160 e. The van der Waals surface area contributed by atoms with E-state index in [2.05, 4.69) is 39.2 Å². The molecule has 4 rings (SSSR count). The molecule has 3 N–H and O–H groups in total. The second-order valence-corrected chi connectivity index (χ2v) is 7.37. The summed E-state index contributed by atoms with van der Waals surface area (Å²) in [7, 11) is 0. The molecule has 0 spiro atoms. The Hall–Kier alpha value is -2.33. The quantitative estimate of drug-likeness (QED) is 0.462. The molecule has 0 atom stereocenters. The Bertz CT molecular complexity index is 1080. The molecule has 0 amide bonds. The van der Waals surface area contributed by atoms with E-state index in [-0.39, 0.29) is 24.8 Å². The molecule has 154 valence electrons. The SMILES string of the molecule is Cc1sc2nc(CCN)nc(NCc3cccnc3-n3cncn3)c2c1C.Cl.Cl. The van der Waals surface area contributed by atoms with Crippen LogP contribution in [-0.4, -0.2) is 36.3 Å². The summed E-state index contributed by atoms with van der Waals surface area (Å²) in [5, 5.41) is 8.73. The van der Waals surface area contributed by atoms with Crippen molar-refractivity contribution in [3.63, 3.8) is 0 Å². The van der Waals surface area contributed by atoms with E-state index in [1.54, 1.807) is 28.5 Å². The largest absolute Gasteiger partial charge is 0.365 e. The molecule has 29 heavy (non-hydrogen) atoms. The number of pyridine rings is 1. The molecule has 0 aliphatic heterocycles. The van der Waals surface area contributed by atoms with Gasteiger partial charge >= 0.3 is 0 Å². The predicted octanol–water partition coefficient (Wildman–Crippen LogP) is 3.24. The molecule has 0 aliphatic rings. The maximum atomic E-state index is 5.71. The molecule has 0 aliphatic carbocycles. The number of fused-ring (bicyclic) bond motifs is 1. The van der Waals surface area contributed by atoms with Crippen molar-refractivity contribution in [1.82, 2.24) is 29.7 Å². The molecule has 0 bridgehead atoms. The van der Waals surface area contributed by atoms with Gasteiger partial charge in [-0.1, -0.05) is 6.07 Å². The van der Waals surface area contributed by atoms with Gasteiger partial charge in [0, 0.05) is 29.6 Å². The Kier molecular flexibility index (Phi) is 7.86. The number of hydrogen-bond donors (Lipinski definition) is 2. The molecule has 0 radical (unpaired) electrons. The first-order valence-corrected chi connectivity index (χ1v) is 9.48. The Morgan fingerprint density at radius 1 is 1.21 bits per heavy atom. The van der Waals surface area contributed by atoms with Crippen LogP contribution < -0.4 is 11.1 Å². The van der Waals surface area contributed by atoms with E-state index in [9.17, 15) is 0 Å². The van der Waals surface area contributed by atoms with Gasteiger partial charge in [0.1, 0.15) is 29.1 Å². The summed E-state index contributed by atoms with van der Waals surface area (Å²) in [4.78, 5) is 20.1. The Morgan fingerprint density at radius 2 is 2.03 bits per heavy atom. The number of aromatic nitrogens is 6. The van der Waals surface area contributed by atoms with E-state index in [0.29, 0.717) is 19.5 Å². The zero-order valence-electron chi connectivity index (χ0n) is 16.0. The molecular weight excluding hydrogens is 431 g/mol. The zero-order chi connectivity index (χ0) is 18.8. The highest BCUT2D eigenvalue weighted by Crippen LogP contribution is 2.33. The van der Waals surface area contributed by atoms with Gasteiger partial charge in [-0.15, -0.1) is 36.2 Å². The number of halogens is 2. The number of nitrogens with one attached hydrogen (secondary N) is 1. The lowest BCUT2D eigenvalue weighted by molar-refractivity contribution is 0.826. The molecule has 8 nitrogen and oxygen atoms in total. The lowest BCUT2D eigenvalue weighted by Gasteiger charge is -2.12. The van der Waals surface area contributed by atoms with Crippen molar-refractivity contribution >= 4 is 52.2 Å². The predicted molar refractivity (Wildman–Crippen MR) is 121 cm³/mol. The Morgan fingerprint density at radius 3 is 2.76 bits per heavy atom. The van der Waals surface area contributed by atoms with E-state index in [0.717, 1.165) is 33.2 Å². The highest BCUT2D eigenvalue weighted by molar-refractivity contribution is 7.18. The fourth-order valence-electron chi connectivity index (χ4n) is 2.93. The van der Waals surface area contributed by atoms with E-state index < -0.39 is 0 Å². The molecule has 11 heteroatoms. The number of anilines is 1. The van der Waals surface area contributed by atoms with Crippen molar-refractivity contribution in [2.45, 2.75) is 26.8 Å². The highest BCUT2D eigenvalue weighted by Gasteiger charge is 2.15. The number of rotatable bonds is 6. The van der Waals surface area contributed by atoms with Crippen molar-refractivity contribution in [2.24, 2.45) is 5.73 Å². The van der Waals surface area contributed by atoms with Crippen LogP contribution in [0.4, 0.5) is 5.82 Å². The van der Waals surface area contributed by atoms with Gasteiger partial charge in [0.05, 0.1) is 5.39 Å². The zero-order valence-corrected chi connectivity index (χ0v) is 18.4. The van der Waals surface area contributed by atoms with Crippen molar-refractivity contribution in [1.29, 1.82) is 0 Å². The fourth-order valence-corrected chi connectivity index (χ4v) is 3.98. The van der Waals surface area contributed by atoms with E-state index in [1.165, 1.54) is 16.8 Å². The molecule has 4 heterocycles. The van der Waals surface area contributed by atoms with Crippen LogP contribution >= 0.6 is 36.2 Å². The monoisotopic (exact) mass is 452 g/mol. The van der Waals surface area contributed by atoms with Crippen LogP contribution in [0.3, 0.4) is 0 Å². The molecule has 4 aromatic heterocycles. The molecular formula is C18H22Cl2N8S. The lowest BCUT2D eigenvalue weighted by atomic mass is 10.2. The number of aryl methyl sites for hydroxylation is 2. The summed E-state index contributed by atoms with van der Waals surface area (Å²) in [5.41, 5.74) is 7.92. The van der Waals surface area contributed by atoms with Gasteiger partial charge in [0.25, 0.3) is 0 Å². The summed E-state index contributed by atoms with van der Waals surface area (Å²) in [6, 6.07) is 3.93. The summed E-state index contributed by atoms with van der Waals surface area (Å²) >= 11 is 1.69. The fraction of sp³-hybridized carbons (Fsp3) is 0.278. The number of hydrogen-bond acceptors (Lipinski definition) is 8. The first-order chi connectivity index (χ1) is 13.2. The molecule has 0 unspecified atom stereocenters. The average molecular weight is 453 g/mol. The lowest BCUT2D eigenvalue weighted by Crippen LogP contribution is -2.11. The third kappa shape index (κ3) is 4.64. The van der Waals surface area contributed by atoms with Crippen LogP contribution in [0.15, 0.2) is 31.0 Å². The molecule has 0 fully saturated rings. The second-order valence-electron chi connectivity index (χ2n) is 6.17. The summed E-state index contributed by atoms with van der Waals surface area (Å²) < 4.78 is 1.66. The van der Waals surface area contributed by atoms with Gasteiger partial charge in [-0.25, -0.2) is 24.6 Å². The van der Waals surface area contributed by atoms with E-state index >= 15 is 0 Å². The van der Waals surface area contributed by atoms with Crippen LogP contribution in [0.5, 0.6) is 0 Å².